The molecule has 0 unspecified atom stereocenters. The third kappa shape index (κ3) is 14.6. The summed E-state index contributed by atoms with van der Waals surface area (Å²) in [5.74, 6) is 2.42. The minimum atomic E-state index is 0.729. The van der Waals surface area contributed by atoms with E-state index < -0.39 is 0 Å². The number of benzene rings is 10. The lowest BCUT2D eigenvalue weighted by Crippen LogP contribution is -1.97. The molecule has 424 valence electrons. The zero-order chi connectivity index (χ0) is 60.0. The van der Waals surface area contributed by atoms with Crippen molar-refractivity contribution in [1.82, 2.24) is 38.9 Å². The van der Waals surface area contributed by atoms with Crippen LogP contribution in [-0.2, 0) is 0 Å². The fourth-order valence-electron chi connectivity index (χ4n) is 9.73. The molecule has 0 bridgehead atoms. The van der Waals surface area contributed by atoms with Gasteiger partial charge in [0.1, 0.15) is 11.5 Å². The van der Waals surface area contributed by atoms with Gasteiger partial charge in [0.05, 0.1) is 39.5 Å². The first-order chi connectivity index (χ1) is 43.2. The van der Waals surface area contributed by atoms with Crippen LogP contribution in [-0.4, -0.2) is 38.9 Å². The Bertz CT molecular complexity index is 4410. The van der Waals surface area contributed by atoms with Crippen molar-refractivity contribution >= 4 is 80.4 Å². The summed E-state index contributed by atoms with van der Waals surface area (Å²) in [4.78, 5) is 28.6. The second-order valence-electron chi connectivity index (χ2n) is 20.1. The van der Waals surface area contributed by atoms with Gasteiger partial charge < -0.3 is 4.40 Å². The SMILES string of the molecule is Brc1ccc(-c2cc(-c3ccccc3)nc(-c3ccccc3)n2)cc1.Brc1ccc(-c2cn3ccccc3n2)cc1.Brc1ccc(-c2nc(-c3ccccc3)cc(-c3ccccc3)n2)cc1.Brc1ccc(-c2nc3ccccc3n2-c2ccccc2)cc1. The monoisotopic (exact) mass is 1390 g/mol. The quantitative estimate of drug-likeness (QED) is 0.143. The van der Waals surface area contributed by atoms with Gasteiger partial charge in [0, 0.05) is 80.5 Å². The highest BCUT2D eigenvalue weighted by Crippen LogP contribution is 2.32. The van der Waals surface area contributed by atoms with E-state index in [-0.39, 0.29) is 0 Å². The van der Waals surface area contributed by atoms with Crippen molar-refractivity contribution in [3.05, 3.63) is 334 Å². The number of pyridine rings is 1. The molecule has 5 heterocycles. The Morgan fingerprint density at radius 1 is 0.261 bits per heavy atom. The van der Waals surface area contributed by atoms with E-state index in [4.69, 9.17) is 24.9 Å². The first-order valence-corrected chi connectivity index (χ1v) is 31.4. The van der Waals surface area contributed by atoms with Crippen molar-refractivity contribution in [2.45, 2.75) is 0 Å². The molecule has 0 amide bonds. The molecular weight excluding hydrogens is 1340 g/mol. The lowest BCUT2D eigenvalue weighted by molar-refractivity contribution is 1.10. The average Bonchev–Trinajstić information content (AvgIpc) is 4.32. The molecule has 8 nitrogen and oxygen atoms in total. The van der Waals surface area contributed by atoms with Gasteiger partial charge in [-0.15, -0.1) is 0 Å². The van der Waals surface area contributed by atoms with Crippen LogP contribution in [0.5, 0.6) is 0 Å². The molecule has 12 heteroatoms. The largest absolute Gasteiger partial charge is 0.306 e. The summed E-state index contributed by atoms with van der Waals surface area (Å²) < 4.78 is 8.48. The van der Waals surface area contributed by atoms with Crippen LogP contribution < -0.4 is 0 Å². The first kappa shape index (κ1) is 58.8. The molecule has 0 saturated carbocycles. The van der Waals surface area contributed by atoms with Crippen molar-refractivity contribution in [2.24, 2.45) is 0 Å². The molecule has 10 aromatic carbocycles. The second kappa shape index (κ2) is 28.3. The van der Waals surface area contributed by atoms with Crippen LogP contribution in [0.3, 0.4) is 0 Å². The number of imidazole rings is 2. The van der Waals surface area contributed by atoms with Crippen molar-refractivity contribution < 1.29 is 0 Å². The summed E-state index contributed by atoms with van der Waals surface area (Å²) in [6.45, 7) is 0. The highest BCUT2D eigenvalue weighted by atomic mass is 79.9. The molecule has 0 saturated heterocycles. The van der Waals surface area contributed by atoms with Crippen LogP contribution in [0, 0.1) is 0 Å². The van der Waals surface area contributed by atoms with E-state index in [2.05, 4.69) is 189 Å². The highest BCUT2D eigenvalue weighted by molar-refractivity contribution is 9.11. The number of rotatable bonds is 9. The van der Waals surface area contributed by atoms with E-state index in [1.165, 1.54) is 0 Å². The fraction of sp³-hybridized carbons (Fsp3) is 0. The standard InChI is InChI=1S/2C22H15BrN2.C19H13BrN2.C13H9BrN2/c23-19-13-11-17(12-14-19)21-15-20(16-7-3-1-4-8-16)24-22(25-21)18-9-5-2-6-10-18;23-19-13-11-18(12-14-19)22-24-20(16-7-3-1-4-8-16)15-21(25-22)17-9-5-2-6-10-17;20-15-12-10-14(11-13-15)19-21-17-8-4-5-9-18(17)22(19)16-6-2-1-3-7-16;14-11-6-4-10(5-7-11)12-9-16-8-2-1-3-13(16)15-12/h2*1-15H;1-13H;1-9H. The van der Waals surface area contributed by atoms with E-state index in [1.54, 1.807) is 0 Å². The third-order valence-corrected chi connectivity index (χ3v) is 16.2. The van der Waals surface area contributed by atoms with Gasteiger partial charge in [0.25, 0.3) is 0 Å². The summed E-state index contributed by atoms with van der Waals surface area (Å²) >= 11 is 13.9. The summed E-state index contributed by atoms with van der Waals surface area (Å²) in [6, 6.07) is 102. The summed E-state index contributed by atoms with van der Waals surface area (Å²) in [5.41, 5.74) is 17.5. The molecular formula is C76H52Br4N8. The smallest absolute Gasteiger partial charge is 0.160 e. The highest BCUT2D eigenvalue weighted by Gasteiger charge is 2.15. The van der Waals surface area contributed by atoms with Crippen LogP contribution in [0.15, 0.2) is 334 Å². The van der Waals surface area contributed by atoms with Gasteiger partial charge >= 0.3 is 0 Å². The maximum atomic E-state index is 4.84. The number of hydrogen-bond acceptors (Lipinski definition) is 6. The molecule has 0 atom stereocenters. The zero-order valence-corrected chi connectivity index (χ0v) is 53.5. The average molecular weight is 1400 g/mol. The van der Waals surface area contributed by atoms with E-state index in [0.29, 0.717) is 0 Å². The maximum absolute atomic E-state index is 4.84. The summed E-state index contributed by atoms with van der Waals surface area (Å²) in [5, 5.41) is 0. The summed E-state index contributed by atoms with van der Waals surface area (Å²) in [7, 11) is 0. The van der Waals surface area contributed by atoms with Crippen LogP contribution in [0.25, 0.3) is 113 Å². The predicted octanol–water partition coefficient (Wildman–Crippen LogP) is 21.7. The van der Waals surface area contributed by atoms with Crippen LogP contribution in [0.1, 0.15) is 0 Å². The Balaban J connectivity index is 0.000000116. The Labute approximate surface area is 544 Å². The number of hydrogen-bond donors (Lipinski definition) is 0. The van der Waals surface area contributed by atoms with Gasteiger partial charge in [0.15, 0.2) is 11.6 Å². The van der Waals surface area contributed by atoms with Gasteiger partial charge in [-0.3, -0.25) is 4.57 Å². The predicted molar refractivity (Wildman–Crippen MR) is 375 cm³/mol. The normalized spacial score (nSPS) is 10.7. The molecule has 0 aliphatic carbocycles. The van der Waals surface area contributed by atoms with Crippen molar-refractivity contribution in [1.29, 1.82) is 0 Å². The second-order valence-corrected chi connectivity index (χ2v) is 23.8. The number of halogens is 4. The Morgan fingerprint density at radius 3 is 1.05 bits per heavy atom. The first-order valence-electron chi connectivity index (χ1n) is 28.2. The van der Waals surface area contributed by atoms with Gasteiger partial charge in [-0.1, -0.05) is 270 Å². The number of fused-ring (bicyclic) bond motifs is 2. The molecule has 0 spiro atoms. The van der Waals surface area contributed by atoms with Gasteiger partial charge in [0.2, 0.25) is 0 Å². The molecule has 0 aliphatic rings. The third-order valence-electron chi connectivity index (χ3n) is 14.1. The van der Waals surface area contributed by atoms with Crippen LogP contribution in [0.2, 0.25) is 0 Å². The van der Waals surface area contributed by atoms with Crippen molar-refractivity contribution in [3.8, 4) is 96.1 Å². The molecule has 15 aromatic rings. The maximum Gasteiger partial charge on any atom is 0.160 e. The summed E-state index contributed by atoms with van der Waals surface area (Å²) in [6.07, 6.45) is 4.04. The fourth-order valence-corrected chi connectivity index (χ4v) is 10.8. The number of nitrogens with zero attached hydrogens (tertiary/aromatic N) is 8. The number of para-hydroxylation sites is 3. The molecule has 15 rings (SSSR count). The molecule has 88 heavy (non-hydrogen) atoms. The molecule has 0 radical (unpaired) electrons. The lowest BCUT2D eigenvalue weighted by Gasteiger charge is -2.09. The molecule has 0 fully saturated rings. The Kier molecular flexibility index (Phi) is 18.9. The minimum absolute atomic E-state index is 0.729. The van der Waals surface area contributed by atoms with E-state index in [1.807, 2.05) is 205 Å². The van der Waals surface area contributed by atoms with E-state index in [9.17, 15) is 0 Å². The molecule has 5 aromatic heterocycles. The molecule has 0 aliphatic heterocycles. The Morgan fingerprint density at radius 2 is 0.602 bits per heavy atom. The van der Waals surface area contributed by atoms with Gasteiger partial charge in [-0.2, -0.15) is 0 Å². The van der Waals surface area contributed by atoms with E-state index >= 15 is 0 Å². The van der Waals surface area contributed by atoms with Gasteiger partial charge in [-0.25, -0.2) is 29.9 Å². The Hall–Kier alpha value is -9.56. The van der Waals surface area contributed by atoms with Crippen molar-refractivity contribution in [3.63, 3.8) is 0 Å². The van der Waals surface area contributed by atoms with Crippen LogP contribution >= 0.6 is 63.7 Å². The van der Waals surface area contributed by atoms with E-state index in [0.717, 1.165) is 131 Å². The van der Waals surface area contributed by atoms with Crippen LogP contribution in [0.4, 0.5) is 0 Å². The topological polar surface area (TPSA) is 86.7 Å². The van der Waals surface area contributed by atoms with Gasteiger partial charge in [-0.05, 0) is 97.1 Å². The van der Waals surface area contributed by atoms with Crippen molar-refractivity contribution in [2.75, 3.05) is 0 Å². The molecule has 0 N–H and O–H groups in total. The zero-order valence-electron chi connectivity index (χ0n) is 47.1. The lowest BCUT2D eigenvalue weighted by atomic mass is 10.1. The number of aromatic nitrogens is 8. The minimum Gasteiger partial charge on any atom is -0.306 e.